The van der Waals surface area contributed by atoms with Crippen LogP contribution in [0.3, 0.4) is 0 Å². The highest BCUT2D eigenvalue weighted by Gasteiger charge is 2.06. The normalized spacial score (nSPS) is 11.1. The van der Waals surface area contributed by atoms with Crippen LogP contribution in [0.4, 0.5) is 4.39 Å². The third-order valence-corrected chi connectivity index (χ3v) is 4.40. The maximum Gasteiger partial charge on any atom is 0.137 e. The van der Waals surface area contributed by atoms with E-state index < -0.39 is 0 Å². The summed E-state index contributed by atoms with van der Waals surface area (Å²) in [6, 6.07) is 13.3. The third kappa shape index (κ3) is 2.47. The van der Waals surface area contributed by atoms with Crippen LogP contribution in [0.5, 0.6) is 0 Å². The van der Waals surface area contributed by atoms with Crippen molar-refractivity contribution < 1.29 is 4.39 Å². The van der Waals surface area contributed by atoms with E-state index in [9.17, 15) is 4.39 Å². The van der Waals surface area contributed by atoms with Gasteiger partial charge in [0, 0.05) is 28.1 Å². The summed E-state index contributed by atoms with van der Waals surface area (Å²) in [5.74, 6) is -0.233. The Morgan fingerprint density at radius 2 is 1.84 bits per heavy atom. The van der Waals surface area contributed by atoms with Gasteiger partial charge in [-0.15, -0.1) is 0 Å². The summed E-state index contributed by atoms with van der Waals surface area (Å²) in [7, 11) is 0. The van der Waals surface area contributed by atoms with Crippen molar-refractivity contribution in [2.24, 2.45) is 0 Å². The number of nitrogens with zero attached hydrogens (tertiary/aromatic N) is 1. The monoisotopic (exact) mass is 381 g/mol. The van der Waals surface area contributed by atoms with Crippen molar-refractivity contribution in [1.82, 2.24) is 4.57 Å². The summed E-state index contributed by atoms with van der Waals surface area (Å²) in [6.07, 6.45) is 2.05. The van der Waals surface area contributed by atoms with Crippen LogP contribution in [0, 0.1) is 5.82 Å². The van der Waals surface area contributed by atoms with Gasteiger partial charge in [-0.05, 0) is 51.8 Å². The molecule has 0 aliphatic rings. The average molecular weight is 383 g/mol. The van der Waals surface area contributed by atoms with Gasteiger partial charge in [0.1, 0.15) is 5.82 Å². The van der Waals surface area contributed by atoms with Crippen molar-refractivity contribution in [3.05, 3.63) is 69.0 Å². The molecule has 1 nitrogen and oxygen atoms in total. The molecule has 0 unspecified atom stereocenters. The number of benzene rings is 2. The van der Waals surface area contributed by atoms with Crippen LogP contribution >= 0.6 is 31.9 Å². The summed E-state index contributed by atoms with van der Waals surface area (Å²) in [4.78, 5) is 0. The second-order valence-corrected chi connectivity index (χ2v) is 6.07. The maximum atomic E-state index is 13.2. The Morgan fingerprint density at radius 1 is 1.00 bits per heavy atom. The van der Waals surface area contributed by atoms with Crippen molar-refractivity contribution in [2.45, 2.75) is 6.54 Å². The van der Waals surface area contributed by atoms with Crippen LogP contribution in [-0.2, 0) is 6.54 Å². The molecule has 1 aromatic heterocycles. The lowest BCUT2D eigenvalue weighted by molar-refractivity contribution is 0.619. The van der Waals surface area contributed by atoms with Gasteiger partial charge in [-0.1, -0.05) is 28.1 Å². The Kier molecular flexibility index (Phi) is 3.46. The van der Waals surface area contributed by atoms with Gasteiger partial charge < -0.3 is 4.57 Å². The molecule has 0 aliphatic carbocycles. The predicted molar refractivity (Wildman–Crippen MR) is 82.8 cm³/mol. The van der Waals surface area contributed by atoms with Gasteiger partial charge in [-0.25, -0.2) is 4.39 Å². The van der Waals surface area contributed by atoms with Crippen molar-refractivity contribution in [1.29, 1.82) is 0 Å². The van der Waals surface area contributed by atoms with Gasteiger partial charge in [0.25, 0.3) is 0 Å². The molecule has 0 fully saturated rings. The van der Waals surface area contributed by atoms with Gasteiger partial charge in [-0.2, -0.15) is 0 Å². The van der Waals surface area contributed by atoms with E-state index in [-0.39, 0.29) is 5.82 Å². The Balaban J connectivity index is 2.01. The SMILES string of the molecule is Fc1ccc(Cn2ccc3c(Br)cccc32)cc1Br. The van der Waals surface area contributed by atoms with E-state index >= 15 is 0 Å². The van der Waals surface area contributed by atoms with E-state index in [0.717, 1.165) is 22.1 Å². The molecule has 0 aliphatic heterocycles. The molecule has 0 amide bonds. The standard InChI is InChI=1S/C15H10Br2FN/c16-12-2-1-3-15-11(12)6-7-19(15)9-10-4-5-14(18)13(17)8-10/h1-8H,9H2. The molecular formula is C15H10Br2FN. The van der Waals surface area contributed by atoms with Gasteiger partial charge in [0.05, 0.1) is 4.47 Å². The minimum Gasteiger partial charge on any atom is -0.343 e. The zero-order valence-electron chi connectivity index (χ0n) is 9.91. The molecule has 0 spiro atoms. The average Bonchev–Trinajstić information content (AvgIpc) is 2.79. The van der Waals surface area contributed by atoms with Crippen molar-refractivity contribution in [3.63, 3.8) is 0 Å². The van der Waals surface area contributed by atoms with Crippen molar-refractivity contribution in [2.75, 3.05) is 0 Å². The zero-order valence-corrected chi connectivity index (χ0v) is 13.1. The van der Waals surface area contributed by atoms with Crippen LogP contribution in [0.25, 0.3) is 10.9 Å². The molecule has 2 aromatic carbocycles. The lowest BCUT2D eigenvalue weighted by Gasteiger charge is -2.07. The Labute approximate surface area is 127 Å². The molecule has 0 radical (unpaired) electrons. The van der Waals surface area contributed by atoms with Gasteiger partial charge in [0.15, 0.2) is 0 Å². The summed E-state index contributed by atoms with van der Waals surface area (Å²) in [5, 5.41) is 1.18. The van der Waals surface area contributed by atoms with Crippen LogP contribution in [0.2, 0.25) is 0 Å². The van der Waals surface area contributed by atoms with Gasteiger partial charge in [-0.3, -0.25) is 0 Å². The molecule has 4 heteroatoms. The smallest absolute Gasteiger partial charge is 0.137 e. The van der Waals surface area contributed by atoms with Crippen LogP contribution in [-0.4, -0.2) is 4.57 Å². The van der Waals surface area contributed by atoms with Crippen LogP contribution in [0.1, 0.15) is 5.56 Å². The van der Waals surface area contributed by atoms with Crippen molar-refractivity contribution >= 4 is 42.8 Å². The first-order chi connectivity index (χ1) is 9.15. The zero-order chi connectivity index (χ0) is 13.4. The van der Waals surface area contributed by atoms with E-state index in [2.05, 4.69) is 48.6 Å². The first-order valence-electron chi connectivity index (χ1n) is 5.82. The predicted octanol–water partition coefficient (Wildman–Crippen LogP) is 5.35. The van der Waals surface area contributed by atoms with E-state index in [1.165, 1.54) is 11.5 Å². The van der Waals surface area contributed by atoms with Crippen LogP contribution < -0.4 is 0 Å². The molecule has 0 bridgehead atoms. The van der Waals surface area contributed by atoms with Crippen molar-refractivity contribution in [3.8, 4) is 0 Å². The van der Waals surface area contributed by atoms with E-state index in [0.29, 0.717) is 4.47 Å². The Bertz CT molecular complexity index is 749. The van der Waals surface area contributed by atoms with Crippen LogP contribution in [0.15, 0.2) is 57.6 Å². The highest BCUT2D eigenvalue weighted by Crippen LogP contribution is 2.26. The molecular weight excluding hydrogens is 373 g/mol. The minimum atomic E-state index is -0.233. The lowest BCUT2D eigenvalue weighted by Crippen LogP contribution is -1.98. The fourth-order valence-electron chi connectivity index (χ4n) is 2.16. The molecule has 0 N–H and O–H groups in total. The molecule has 1 heterocycles. The molecule has 96 valence electrons. The van der Waals surface area contributed by atoms with E-state index in [1.807, 2.05) is 30.5 Å². The summed E-state index contributed by atoms with van der Waals surface area (Å²) < 4.78 is 17.0. The van der Waals surface area contributed by atoms with Gasteiger partial charge in [0.2, 0.25) is 0 Å². The summed E-state index contributed by atoms with van der Waals surface area (Å²) in [5.41, 5.74) is 2.22. The number of fused-ring (bicyclic) bond motifs is 1. The molecule has 0 atom stereocenters. The topological polar surface area (TPSA) is 4.93 Å². The first kappa shape index (κ1) is 12.9. The number of hydrogen-bond acceptors (Lipinski definition) is 0. The number of aromatic nitrogens is 1. The fourth-order valence-corrected chi connectivity index (χ4v) is 3.07. The largest absolute Gasteiger partial charge is 0.343 e. The molecule has 19 heavy (non-hydrogen) atoms. The second kappa shape index (κ2) is 5.10. The summed E-state index contributed by atoms with van der Waals surface area (Å²) >= 11 is 6.77. The minimum absolute atomic E-state index is 0.233. The van der Waals surface area contributed by atoms with E-state index in [1.54, 1.807) is 0 Å². The maximum absolute atomic E-state index is 13.2. The first-order valence-corrected chi connectivity index (χ1v) is 7.41. The van der Waals surface area contributed by atoms with E-state index in [4.69, 9.17) is 0 Å². The molecule has 0 saturated heterocycles. The molecule has 0 saturated carbocycles. The summed E-state index contributed by atoms with van der Waals surface area (Å²) in [6.45, 7) is 0.721. The highest BCUT2D eigenvalue weighted by molar-refractivity contribution is 9.11. The quantitative estimate of drug-likeness (QED) is 0.562. The number of hydrogen-bond donors (Lipinski definition) is 0. The lowest BCUT2D eigenvalue weighted by atomic mass is 10.2. The number of rotatable bonds is 2. The third-order valence-electron chi connectivity index (χ3n) is 3.10. The molecule has 3 rings (SSSR count). The second-order valence-electron chi connectivity index (χ2n) is 4.36. The molecule has 3 aromatic rings. The Morgan fingerprint density at radius 3 is 2.63 bits per heavy atom. The Hall–Kier alpha value is -1.13. The highest BCUT2D eigenvalue weighted by atomic mass is 79.9. The fraction of sp³-hybridized carbons (Fsp3) is 0.0667. The number of halogens is 3. The van der Waals surface area contributed by atoms with Gasteiger partial charge >= 0.3 is 0 Å².